The van der Waals surface area contributed by atoms with Crippen LogP contribution in [0, 0.1) is 0 Å². The smallest absolute Gasteiger partial charge is 0.336 e. The molecule has 0 N–H and O–H groups in total. The average Bonchev–Trinajstić information content (AvgIpc) is 2.67. The van der Waals surface area contributed by atoms with Gasteiger partial charge < -0.3 is 9.47 Å². The number of hydrogen-bond acceptors (Lipinski definition) is 4. The Labute approximate surface area is 151 Å². The van der Waals surface area contributed by atoms with Crippen molar-refractivity contribution in [3.63, 3.8) is 0 Å². The highest BCUT2D eigenvalue weighted by Gasteiger charge is 2.10. The van der Waals surface area contributed by atoms with E-state index in [1.807, 2.05) is 61.5 Å². The molecule has 0 saturated carbocycles. The number of hydrogen-bond donors (Lipinski definition) is 0. The average molecular weight is 346 g/mol. The highest BCUT2D eigenvalue weighted by Crippen LogP contribution is 2.26. The molecule has 0 saturated heterocycles. The molecule has 130 valence electrons. The van der Waals surface area contributed by atoms with Crippen LogP contribution in [0.3, 0.4) is 0 Å². The molecule has 4 nitrogen and oxygen atoms in total. The molecule has 0 radical (unpaired) electrons. The SMILES string of the molecule is CCOc1ccc(/C=C\C(=O)Oc2ccc3ccccc3c2C=O)cc1. The maximum absolute atomic E-state index is 12.1. The standard InChI is InChI=1S/C22H18O4/c1-2-25-18-11-7-16(8-12-18)9-14-22(24)26-21-13-10-17-5-3-4-6-19(17)20(21)15-23/h3-15H,2H2,1H3/b14-9-. The summed E-state index contributed by atoms with van der Waals surface area (Å²) < 4.78 is 10.7. The Hall–Kier alpha value is -3.40. The van der Waals surface area contributed by atoms with Gasteiger partial charge in [-0.05, 0) is 47.5 Å². The Morgan fingerprint density at radius 3 is 2.50 bits per heavy atom. The van der Waals surface area contributed by atoms with E-state index >= 15 is 0 Å². The van der Waals surface area contributed by atoms with E-state index in [0.29, 0.717) is 18.5 Å². The molecule has 3 rings (SSSR count). The molecular weight excluding hydrogens is 328 g/mol. The molecule has 0 fully saturated rings. The van der Waals surface area contributed by atoms with E-state index in [2.05, 4.69) is 0 Å². The number of benzene rings is 3. The quantitative estimate of drug-likeness (QED) is 0.282. The van der Waals surface area contributed by atoms with Gasteiger partial charge in [0.05, 0.1) is 12.2 Å². The monoisotopic (exact) mass is 346 g/mol. The molecule has 0 heterocycles. The normalized spacial score (nSPS) is 10.8. The minimum absolute atomic E-state index is 0.250. The molecule has 0 bridgehead atoms. The van der Waals surface area contributed by atoms with Gasteiger partial charge in [0, 0.05) is 6.08 Å². The van der Waals surface area contributed by atoms with E-state index in [9.17, 15) is 9.59 Å². The summed E-state index contributed by atoms with van der Waals surface area (Å²) >= 11 is 0. The lowest BCUT2D eigenvalue weighted by Gasteiger charge is -2.07. The Morgan fingerprint density at radius 2 is 1.77 bits per heavy atom. The second-order valence-electron chi connectivity index (χ2n) is 5.57. The van der Waals surface area contributed by atoms with Crippen LogP contribution in [0.4, 0.5) is 0 Å². The molecule has 4 heteroatoms. The minimum Gasteiger partial charge on any atom is -0.494 e. The molecule has 0 aliphatic carbocycles. The first-order chi connectivity index (χ1) is 12.7. The van der Waals surface area contributed by atoms with Crippen molar-refractivity contribution in [2.45, 2.75) is 6.92 Å². The van der Waals surface area contributed by atoms with Crippen LogP contribution in [0.2, 0.25) is 0 Å². The maximum atomic E-state index is 12.1. The first-order valence-electron chi connectivity index (χ1n) is 8.31. The zero-order chi connectivity index (χ0) is 18.4. The number of ether oxygens (including phenoxy) is 2. The van der Waals surface area contributed by atoms with Crippen LogP contribution in [0.5, 0.6) is 11.5 Å². The summed E-state index contributed by atoms with van der Waals surface area (Å²) in [6.45, 7) is 2.52. The van der Waals surface area contributed by atoms with Crippen molar-refractivity contribution in [1.29, 1.82) is 0 Å². The molecule has 0 unspecified atom stereocenters. The van der Waals surface area contributed by atoms with Gasteiger partial charge in [-0.2, -0.15) is 0 Å². The highest BCUT2D eigenvalue weighted by atomic mass is 16.5. The summed E-state index contributed by atoms with van der Waals surface area (Å²) in [5.41, 5.74) is 1.21. The summed E-state index contributed by atoms with van der Waals surface area (Å²) in [6.07, 6.45) is 3.69. The summed E-state index contributed by atoms with van der Waals surface area (Å²) in [4.78, 5) is 23.6. The first kappa shape index (κ1) is 17.4. The minimum atomic E-state index is -0.544. The van der Waals surface area contributed by atoms with Crippen LogP contribution in [-0.2, 0) is 4.79 Å². The van der Waals surface area contributed by atoms with Gasteiger partial charge in [-0.25, -0.2) is 4.79 Å². The van der Waals surface area contributed by atoms with Crippen molar-refractivity contribution >= 4 is 29.1 Å². The van der Waals surface area contributed by atoms with Gasteiger partial charge in [-0.1, -0.05) is 42.5 Å². The van der Waals surface area contributed by atoms with Crippen molar-refractivity contribution < 1.29 is 19.1 Å². The lowest BCUT2D eigenvalue weighted by atomic mass is 10.0. The summed E-state index contributed by atoms with van der Waals surface area (Å²) in [5, 5.41) is 1.67. The number of carbonyl (C=O) groups is 2. The van der Waals surface area contributed by atoms with Crippen molar-refractivity contribution in [2.75, 3.05) is 6.61 Å². The fourth-order valence-electron chi connectivity index (χ4n) is 2.63. The van der Waals surface area contributed by atoms with E-state index in [0.717, 1.165) is 22.1 Å². The number of carbonyl (C=O) groups excluding carboxylic acids is 2. The van der Waals surface area contributed by atoms with Crippen LogP contribution in [0.1, 0.15) is 22.8 Å². The molecule has 0 amide bonds. The van der Waals surface area contributed by atoms with Gasteiger partial charge >= 0.3 is 5.97 Å². The molecule has 0 aliphatic heterocycles. The molecule has 0 spiro atoms. The van der Waals surface area contributed by atoms with Crippen LogP contribution >= 0.6 is 0 Å². The predicted molar refractivity (Wildman–Crippen MR) is 102 cm³/mol. The Morgan fingerprint density at radius 1 is 1.00 bits per heavy atom. The largest absolute Gasteiger partial charge is 0.494 e. The number of rotatable bonds is 6. The maximum Gasteiger partial charge on any atom is 0.336 e. The van der Waals surface area contributed by atoms with Crippen molar-refractivity contribution in [3.05, 3.63) is 77.9 Å². The predicted octanol–water partition coefficient (Wildman–Crippen LogP) is 4.67. The topological polar surface area (TPSA) is 52.6 Å². The molecule has 26 heavy (non-hydrogen) atoms. The van der Waals surface area contributed by atoms with E-state index < -0.39 is 5.97 Å². The Balaban J connectivity index is 1.75. The van der Waals surface area contributed by atoms with Gasteiger partial charge in [0.15, 0.2) is 6.29 Å². The molecular formula is C22H18O4. The summed E-state index contributed by atoms with van der Waals surface area (Å²) in [6, 6.07) is 18.3. The molecule has 0 aliphatic rings. The molecule has 0 aromatic heterocycles. The van der Waals surface area contributed by atoms with E-state index in [4.69, 9.17) is 9.47 Å². The van der Waals surface area contributed by atoms with E-state index in [-0.39, 0.29) is 5.75 Å². The lowest BCUT2D eigenvalue weighted by Crippen LogP contribution is -2.06. The van der Waals surface area contributed by atoms with Crippen LogP contribution in [0.15, 0.2) is 66.7 Å². The Bertz CT molecular complexity index is 956. The van der Waals surface area contributed by atoms with Crippen LogP contribution < -0.4 is 9.47 Å². The van der Waals surface area contributed by atoms with Gasteiger partial charge in [-0.15, -0.1) is 0 Å². The summed E-state index contributed by atoms with van der Waals surface area (Å²) in [7, 11) is 0. The number of aldehydes is 1. The molecule has 3 aromatic rings. The third-order valence-electron chi connectivity index (χ3n) is 3.86. The highest BCUT2D eigenvalue weighted by molar-refractivity contribution is 6.02. The second kappa shape index (κ2) is 8.12. The third kappa shape index (κ3) is 3.98. The third-order valence-corrected chi connectivity index (χ3v) is 3.86. The van der Waals surface area contributed by atoms with Crippen molar-refractivity contribution in [3.8, 4) is 11.5 Å². The van der Waals surface area contributed by atoms with Gasteiger partial charge in [0.1, 0.15) is 11.5 Å². The molecule has 3 aromatic carbocycles. The van der Waals surface area contributed by atoms with E-state index in [1.165, 1.54) is 6.08 Å². The van der Waals surface area contributed by atoms with Gasteiger partial charge in [-0.3, -0.25) is 4.79 Å². The second-order valence-corrected chi connectivity index (χ2v) is 5.57. The number of fused-ring (bicyclic) bond motifs is 1. The fraction of sp³-hybridized carbons (Fsp3) is 0.0909. The van der Waals surface area contributed by atoms with Crippen molar-refractivity contribution in [1.82, 2.24) is 0 Å². The summed E-state index contributed by atoms with van der Waals surface area (Å²) in [5.74, 6) is 0.483. The lowest BCUT2D eigenvalue weighted by molar-refractivity contribution is -0.128. The van der Waals surface area contributed by atoms with Gasteiger partial charge in [0.2, 0.25) is 0 Å². The van der Waals surface area contributed by atoms with Crippen LogP contribution in [-0.4, -0.2) is 18.9 Å². The number of esters is 1. The fourth-order valence-corrected chi connectivity index (χ4v) is 2.63. The zero-order valence-corrected chi connectivity index (χ0v) is 14.3. The first-order valence-corrected chi connectivity index (χ1v) is 8.31. The Kier molecular flexibility index (Phi) is 5.44. The van der Waals surface area contributed by atoms with Crippen LogP contribution in [0.25, 0.3) is 16.8 Å². The van der Waals surface area contributed by atoms with Crippen molar-refractivity contribution in [2.24, 2.45) is 0 Å². The zero-order valence-electron chi connectivity index (χ0n) is 14.3. The van der Waals surface area contributed by atoms with Gasteiger partial charge in [0.25, 0.3) is 0 Å². The van der Waals surface area contributed by atoms with E-state index in [1.54, 1.807) is 12.1 Å². The molecule has 0 atom stereocenters.